The molecule has 1 aromatic heterocycles. The number of carboxylic acids is 1. The largest absolute Gasteiger partial charge is 0.495 e. The number of rotatable bonds is 8. The van der Waals surface area contributed by atoms with E-state index in [0.717, 1.165) is 24.1 Å². The van der Waals surface area contributed by atoms with E-state index in [-0.39, 0.29) is 23.3 Å². The summed E-state index contributed by atoms with van der Waals surface area (Å²) in [6.45, 7) is 3.63. The van der Waals surface area contributed by atoms with Crippen molar-refractivity contribution in [3.8, 4) is 22.1 Å². The molecule has 10 heteroatoms. The highest BCUT2D eigenvalue weighted by Gasteiger charge is 2.18. The normalized spacial score (nSPS) is 10.9. The van der Waals surface area contributed by atoms with Gasteiger partial charge in [0.2, 0.25) is 0 Å². The van der Waals surface area contributed by atoms with Crippen molar-refractivity contribution < 1.29 is 28.2 Å². The molecule has 0 atom stereocenters. The minimum absolute atomic E-state index is 0.156. The van der Waals surface area contributed by atoms with Crippen molar-refractivity contribution in [2.45, 2.75) is 25.0 Å². The van der Waals surface area contributed by atoms with Gasteiger partial charge in [0.1, 0.15) is 21.6 Å². The van der Waals surface area contributed by atoms with Crippen LogP contribution < -0.4 is 14.2 Å². The van der Waals surface area contributed by atoms with Gasteiger partial charge < -0.3 is 19.3 Å². The van der Waals surface area contributed by atoms with E-state index in [0.29, 0.717) is 15.6 Å². The van der Waals surface area contributed by atoms with Crippen LogP contribution >= 0.6 is 23.3 Å². The minimum atomic E-state index is -1.39. The monoisotopic (exact) mass is 452 g/mol. The van der Waals surface area contributed by atoms with Gasteiger partial charge in [-0.1, -0.05) is 6.07 Å². The Hall–Kier alpha value is -2.85. The van der Waals surface area contributed by atoms with Crippen molar-refractivity contribution >= 4 is 34.9 Å². The van der Waals surface area contributed by atoms with Crippen molar-refractivity contribution in [1.82, 2.24) is 4.98 Å². The molecule has 0 spiro atoms. The highest BCUT2D eigenvalue weighted by molar-refractivity contribution is 8.00. The van der Waals surface area contributed by atoms with Crippen LogP contribution in [0.1, 0.15) is 24.2 Å². The van der Waals surface area contributed by atoms with Gasteiger partial charge in [-0.2, -0.15) is 0 Å². The van der Waals surface area contributed by atoms with Crippen molar-refractivity contribution in [2.75, 3.05) is 11.8 Å². The molecule has 0 saturated heterocycles. The van der Waals surface area contributed by atoms with Gasteiger partial charge in [0.25, 0.3) is 0 Å². The molecule has 3 aromatic rings. The van der Waals surface area contributed by atoms with E-state index in [1.807, 2.05) is 13.8 Å². The quantitative estimate of drug-likeness (QED) is 0.424. The summed E-state index contributed by atoms with van der Waals surface area (Å²) in [5.41, 5.74) is 0.0785. The Morgan fingerprint density at radius 2 is 2.03 bits per heavy atom. The molecular weight excluding hydrogens is 434 g/mol. The molecule has 2 aromatic carbocycles. The number of thiazole rings is 1. The average molecular weight is 453 g/mol. The maximum absolute atomic E-state index is 14.7. The van der Waals surface area contributed by atoms with Gasteiger partial charge in [-0.25, -0.2) is 18.6 Å². The summed E-state index contributed by atoms with van der Waals surface area (Å²) < 4.78 is 42.2. The number of hydrogen-bond acceptors (Lipinski definition) is 7. The zero-order valence-electron chi connectivity index (χ0n) is 16.2. The first-order valence-electron chi connectivity index (χ1n) is 8.75. The summed E-state index contributed by atoms with van der Waals surface area (Å²) in [6.07, 6.45) is -0.163. The van der Waals surface area contributed by atoms with E-state index in [2.05, 4.69) is 9.71 Å². The van der Waals surface area contributed by atoms with Crippen molar-refractivity contribution in [1.29, 1.82) is 0 Å². The number of nitrogens with zero attached hydrogens (tertiary/aromatic N) is 1. The smallest absolute Gasteiger partial charge is 0.338 e. The summed E-state index contributed by atoms with van der Waals surface area (Å²) >= 11 is 2.31. The molecule has 2 N–H and O–H groups in total. The molecule has 30 heavy (non-hydrogen) atoms. The zero-order chi connectivity index (χ0) is 21.8. The van der Waals surface area contributed by atoms with E-state index in [1.54, 1.807) is 23.6 Å². The first-order valence-corrected chi connectivity index (χ1v) is 10.4. The molecule has 0 saturated carbocycles. The maximum atomic E-state index is 14.7. The number of halogens is 2. The van der Waals surface area contributed by atoms with E-state index in [1.165, 1.54) is 18.4 Å². The third-order valence-corrected chi connectivity index (χ3v) is 5.59. The van der Waals surface area contributed by atoms with Crippen LogP contribution in [-0.4, -0.2) is 29.3 Å². The molecule has 0 unspecified atom stereocenters. The zero-order valence-corrected chi connectivity index (χ0v) is 17.9. The summed E-state index contributed by atoms with van der Waals surface area (Å²) in [7, 11) is 1.35. The van der Waals surface area contributed by atoms with E-state index in [9.17, 15) is 13.6 Å². The summed E-state index contributed by atoms with van der Waals surface area (Å²) in [6, 6.07) is 7.01. The fourth-order valence-electron chi connectivity index (χ4n) is 2.52. The molecule has 158 valence electrons. The number of anilines is 1. The number of aromatic nitrogens is 1. The van der Waals surface area contributed by atoms with Gasteiger partial charge in [-0.3, -0.25) is 0 Å². The second-order valence-corrected chi connectivity index (χ2v) is 8.00. The Morgan fingerprint density at radius 1 is 1.27 bits per heavy atom. The molecule has 0 radical (unpaired) electrons. The van der Waals surface area contributed by atoms with Crippen LogP contribution in [0.15, 0.2) is 40.7 Å². The topological polar surface area (TPSA) is 80.7 Å². The molecule has 0 aliphatic heterocycles. The lowest BCUT2D eigenvalue weighted by atomic mass is 10.2. The number of benzene rings is 2. The lowest BCUT2D eigenvalue weighted by Gasteiger charge is -2.12. The lowest BCUT2D eigenvalue weighted by molar-refractivity contribution is 0.0691. The van der Waals surface area contributed by atoms with Crippen LogP contribution in [0.2, 0.25) is 0 Å². The van der Waals surface area contributed by atoms with Gasteiger partial charge in [0.15, 0.2) is 11.6 Å². The molecule has 0 amide bonds. The van der Waals surface area contributed by atoms with Crippen LogP contribution in [0.3, 0.4) is 0 Å². The first kappa shape index (κ1) is 21.8. The second-order valence-electron chi connectivity index (χ2n) is 6.32. The Balaban J connectivity index is 1.79. The molecule has 0 bridgehead atoms. The van der Waals surface area contributed by atoms with E-state index < -0.39 is 23.2 Å². The van der Waals surface area contributed by atoms with Gasteiger partial charge in [0.05, 0.1) is 30.0 Å². The Kier molecular flexibility index (Phi) is 6.78. The van der Waals surface area contributed by atoms with Gasteiger partial charge in [-0.05, 0) is 32.0 Å². The van der Waals surface area contributed by atoms with Gasteiger partial charge in [0, 0.05) is 23.4 Å². The molecular formula is C20H18F2N2O4S2. The minimum Gasteiger partial charge on any atom is -0.495 e. The number of carboxylic acid groups (broad SMARTS) is 1. The molecule has 0 aliphatic carbocycles. The molecule has 0 aliphatic rings. The molecule has 0 fully saturated rings. The number of carbonyl (C=O) groups is 1. The Bertz CT molecular complexity index is 1070. The third kappa shape index (κ3) is 4.82. The van der Waals surface area contributed by atoms with Gasteiger partial charge in [-0.15, -0.1) is 11.3 Å². The lowest BCUT2D eigenvalue weighted by Crippen LogP contribution is -2.07. The maximum Gasteiger partial charge on any atom is 0.338 e. The summed E-state index contributed by atoms with van der Waals surface area (Å²) in [5.74, 6) is -2.45. The predicted molar refractivity (Wildman–Crippen MR) is 113 cm³/mol. The highest BCUT2D eigenvalue weighted by atomic mass is 32.2. The fourth-order valence-corrected chi connectivity index (χ4v) is 4.13. The number of methoxy groups -OCH3 is 1. The summed E-state index contributed by atoms with van der Waals surface area (Å²) in [4.78, 5) is 15.5. The van der Waals surface area contributed by atoms with E-state index in [4.69, 9.17) is 14.6 Å². The fraction of sp³-hybridized carbons (Fsp3) is 0.200. The van der Waals surface area contributed by atoms with Crippen LogP contribution in [0.25, 0.3) is 10.6 Å². The molecule has 1 heterocycles. The van der Waals surface area contributed by atoms with Crippen LogP contribution in [0.5, 0.6) is 11.5 Å². The SMILES string of the molecule is COc1cc(C(=O)O)c(F)cc1NSc1csc(-c2cccc(OC(C)C)c2F)n1. The average Bonchev–Trinajstić information content (AvgIpc) is 3.16. The van der Waals surface area contributed by atoms with Crippen LogP contribution in [0.4, 0.5) is 14.5 Å². The Labute approximate surface area is 180 Å². The number of aromatic carboxylic acids is 1. The van der Waals surface area contributed by atoms with Crippen molar-refractivity contribution in [3.63, 3.8) is 0 Å². The predicted octanol–water partition coefficient (Wildman–Crippen LogP) is 5.70. The Morgan fingerprint density at radius 3 is 2.70 bits per heavy atom. The molecule has 3 rings (SSSR count). The van der Waals surface area contributed by atoms with E-state index >= 15 is 0 Å². The van der Waals surface area contributed by atoms with Gasteiger partial charge >= 0.3 is 5.97 Å². The van der Waals surface area contributed by atoms with Crippen molar-refractivity contribution in [3.05, 3.63) is 52.9 Å². The van der Waals surface area contributed by atoms with Crippen molar-refractivity contribution in [2.24, 2.45) is 0 Å². The highest BCUT2D eigenvalue weighted by Crippen LogP contribution is 2.36. The van der Waals surface area contributed by atoms with Crippen LogP contribution in [-0.2, 0) is 0 Å². The number of nitrogens with one attached hydrogen (secondary N) is 1. The first-order chi connectivity index (χ1) is 14.3. The summed E-state index contributed by atoms with van der Waals surface area (Å²) in [5, 5.41) is 11.7. The number of hydrogen-bond donors (Lipinski definition) is 2. The standard InChI is InChI=1S/C20H18F2N2O4S2/c1-10(2)28-15-6-4-5-11(18(15)22)19-23-17(9-29-19)30-24-14-8-13(21)12(20(25)26)7-16(14)27-3/h4-10,24H,1-3H3,(H,25,26). The third-order valence-electron chi connectivity index (χ3n) is 3.82. The second kappa shape index (κ2) is 9.31. The molecule has 6 nitrogen and oxygen atoms in total. The number of ether oxygens (including phenoxy) is 2. The van der Waals surface area contributed by atoms with Crippen LogP contribution in [0, 0.1) is 11.6 Å².